The maximum atomic E-state index is 4.18. The second-order valence-corrected chi connectivity index (χ2v) is 4.95. The lowest BCUT2D eigenvalue weighted by Crippen LogP contribution is -1.99. The molecule has 0 bridgehead atoms. The van der Waals surface area contributed by atoms with Gasteiger partial charge in [0.15, 0.2) is 0 Å². The number of nitrogens with zero attached hydrogens (tertiary/aromatic N) is 2. The quantitative estimate of drug-likeness (QED) is 0.784. The van der Waals surface area contributed by atoms with Crippen LogP contribution in [0, 0.1) is 0 Å². The fraction of sp³-hybridized carbons (Fsp3) is 0.375. The Morgan fingerprint density at radius 2 is 1.50 bits per heavy atom. The third kappa shape index (κ3) is 3.39. The van der Waals surface area contributed by atoms with Crippen molar-refractivity contribution in [2.45, 2.75) is 38.5 Å². The summed E-state index contributed by atoms with van der Waals surface area (Å²) in [6.45, 7) is 4.56. The molecule has 0 fully saturated rings. The van der Waals surface area contributed by atoms with E-state index in [1.165, 1.54) is 24.0 Å². The van der Waals surface area contributed by atoms with Crippen LogP contribution in [-0.4, -0.2) is 9.97 Å². The van der Waals surface area contributed by atoms with Crippen molar-refractivity contribution in [2.24, 2.45) is 0 Å². The molecule has 2 aromatic rings. The van der Waals surface area contributed by atoms with Gasteiger partial charge in [0.05, 0.1) is 0 Å². The molecule has 2 unspecified atom stereocenters. The van der Waals surface area contributed by atoms with Crippen molar-refractivity contribution in [2.75, 3.05) is 0 Å². The van der Waals surface area contributed by atoms with Gasteiger partial charge in [-0.15, -0.1) is 0 Å². The van der Waals surface area contributed by atoms with Crippen LogP contribution >= 0.6 is 0 Å². The molecule has 18 heavy (non-hydrogen) atoms. The van der Waals surface area contributed by atoms with Crippen molar-refractivity contribution in [3.63, 3.8) is 0 Å². The van der Waals surface area contributed by atoms with Crippen LogP contribution in [0.3, 0.4) is 0 Å². The zero-order valence-corrected chi connectivity index (χ0v) is 11.1. The lowest BCUT2D eigenvalue weighted by atomic mass is 9.90. The van der Waals surface area contributed by atoms with Crippen molar-refractivity contribution in [3.8, 4) is 0 Å². The van der Waals surface area contributed by atoms with E-state index in [1.54, 1.807) is 0 Å². The van der Waals surface area contributed by atoms with Gasteiger partial charge in [0.25, 0.3) is 0 Å². The minimum absolute atomic E-state index is 0.572. The van der Waals surface area contributed by atoms with Gasteiger partial charge in [0.2, 0.25) is 0 Å². The van der Waals surface area contributed by atoms with Crippen LogP contribution in [0.1, 0.15) is 49.7 Å². The van der Waals surface area contributed by atoms with Crippen molar-refractivity contribution < 1.29 is 0 Å². The Morgan fingerprint density at radius 3 is 2.11 bits per heavy atom. The van der Waals surface area contributed by atoms with E-state index in [9.17, 15) is 0 Å². The molecule has 0 aliphatic rings. The van der Waals surface area contributed by atoms with Crippen LogP contribution in [0.25, 0.3) is 0 Å². The van der Waals surface area contributed by atoms with Crippen molar-refractivity contribution in [1.82, 2.24) is 9.97 Å². The van der Waals surface area contributed by atoms with Gasteiger partial charge in [0, 0.05) is 24.8 Å². The van der Waals surface area contributed by atoms with Crippen LogP contribution in [0.15, 0.2) is 49.1 Å². The van der Waals surface area contributed by atoms with E-state index in [2.05, 4.69) is 42.0 Å². The molecule has 2 nitrogen and oxygen atoms in total. The number of rotatable bonds is 5. The second kappa shape index (κ2) is 6.29. The second-order valence-electron chi connectivity index (χ2n) is 4.95. The Hall–Kier alpha value is -1.70. The summed E-state index contributed by atoms with van der Waals surface area (Å²) in [6.07, 6.45) is 9.93. The van der Waals surface area contributed by atoms with Gasteiger partial charge in [-0.3, -0.25) is 9.97 Å². The monoisotopic (exact) mass is 240 g/mol. The molecule has 2 heterocycles. The Balaban J connectivity index is 1.89. The molecule has 0 radical (unpaired) electrons. The molecule has 0 aliphatic heterocycles. The first-order chi connectivity index (χ1) is 8.77. The van der Waals surface area contributed by atoms with E-state index in [4.69, 9.17) is 0 Å². The Morgan fingerprint density at radius 1 is 0.833 bits per heavy atom. The summed E-state index contributed by atoms with van der Waals surface area (Å²) in [7, 11) is 0. The van der Waals surface area contributed by atoms with E-state index < -0.39 is 0 Å². The summed E-state index contributed by atoms with van der Waals surface area (Å²) in [5.41, 5.74) is 2.71. The van der Waals surface area contributed by atoms with E-state index >= 15 is 0 Å². The molecule has 0 N–H and O–H groups in total. The largest absolute Gasteiger partial charge is 0.265 e. The molecule has 0 aromatic carbocycles. The van der Waals surface area contributed by atoms with Crippen molar-refractivity contribution in [1.29, 1.82) is 0 Å². The first-order valence-electron chi connectivity index (χ1n) is 6.57. The van der Waals surface area contributed by atoms with Crippen LogP contribution in [-0.2, 0) is 0 Å². The summed E-state index contributed by atoms with van der Waals surface area (Å²) in [4.78, 5) is 8.25. The Kier molecular flexibility index (Phi) is 4.46. The van der Waals surface area contributed by atoms with Crippen molar-refractivity contribution >= 4 is 0 Å². The van der Waals surface area contributed by atoms with Crippen LogP contribution in [0.2, 0.25) is 0 Å². The van der Waals surface area contributed by atoms with Crippen LogP contribution in [0.5, 0.6) is 0 Å². The summed E-state index contributed by atoms with van der Waals surface area (Å²) >= 11 is 0. The average molecular weight is 240 g/mol. The summed E-state index contributed by atoms with van der Waals surface area (Å²) in [6, 6.07) is 8.39. The summed E-state index contributed by atoms with van der Waals surface area (Å²) in [5, 5.41) is 0. The molecule has 2 atom stereocenters. The van der Waals surface area contributed by atoms with Gasteiger partial charge in [-0.2, -0.15) is 0 Å². The summed E-state index contributed by atoms with van der Waals surface area (Å²) < 4.78 is 0. The molecule has 0 aliphatic carbocycles. The standard InChI is InChI=1S/C16H20N2/c1-13(15-7-10-17-11-8-15)5-6-14(2)16-4-3-9-18-12-16/h3-4,7-14H,5-6H2,1-2H3. The van der Waals surface area contributed by atoms with Crippen LogP contribution < -0.4 is 0 Å². The zero-order chi connectivity index (χ0) is 12.8. The molecule has 0 saturated carbocycles. The number of aromatic nitrogens is 2. The maximum absolute atomic E-state index is 4.18. The maximum Gasteiger partial charge on any atom is 0.0302 e. The lowest BCUT2D eigenvalue weighted by molar-refractivity contribution is 0.572. The normalized spacial score (nSPS) is 14.1. The summed E-state index contributed by atoms with van der Waals surface area (Å²) in [5.74, 6) is 1.16. The van der Waals surface area contributed by atoms with Gasteiger partial charge in [-0.1, -0.05) is 19.9 Å². The molecule has 2 heteroatoms. The molecule has 0 spiro atoms. The molecule has 2 aromatic heterocycles. The van der Waals surface area contributed by atoms with Crippen LogP contribution in [0.4, 0.5) is 0 Å². The minimum Gasteiger partial charge on any atom is -0.265 e. The van der Waals surface area contributed by atoms with E-state index in [0.29, 0.717) is 11.8 Å². The molecule has 0 saturated heterocycles. The highest BCUT2D eigenvalue weighted by atomic mass is 14.6. The molecular formula is C16H20N2. The smallest absolute Gasteiger partial charge is 0.0302 e. The van der Waals surface area contributed by atoms with Gasteiger partial charge >= 0.3 is 0 Å². The molecule has 2 rings (SSSR count). The van der Waals surface area contributed by atoms with Crippen molar-refractivity contribution in [3.05, 3.63) is 60.2 Å². The minimum atomic E-state index is 0.572. The fourth-order valence-corrected chi connectivity index (χ4v) is 2.19. The Bertz CT molecular complexity index is 408. The topological polar surface area (TPSA) is 25.8 Å². The predicted octanol–water partition coefficient (Wildman–Crippen LogP) is 4.16. The first-order valence-corrected chi connectivity index (χ1v) is 6.57. The van der Waals surface area contributed by atoms with Gasteiger partial charge in [-0.25, -0.2) is 0 Å². The third-order valence-electron chi connectivity index (χ3n) is 3.56. The van der Waals surface area contributed by atoms with E-state index in [0.717, 1.165) is 0 Å². The highest BCUT2D eigenvalue weighted by Crippen LogP contribution is 2.26. The fourth-order valence-electron chi connectivity index (χ4n) is 2.19. The number of hydrogen-bond donors (Lipinski definition) is 0. The number of pyridine rings is 2. The molecular weight excluding hydrogens is 220 g/mol. The Labute approximate surface area is 109 Å². The van der Waals surface area contributed by atoms with E-state index in [-0.39, 0.29) is 0 Å². The SMILES string of the molecule is CC(CCC(C)c1cccnc1)c1ccncc1. The average Bonchev–Trinajstić information content (AvgIpc) is 2.46. The van der Waals surface area contributed by atoms with Gasteiger partial charge in [-0.05, 0) is 54.0 Å². The van der Waals surface area contributed by atoms with E-state index in [1.807, 2.05) is 30.9 Å². The molecule has 94 valence electrons. The highest BCUT2D eigenvalue weighted by Gasteiger charge is 2.10. The number of hydrogen-bond acceptors (Lipinski definition) is 2. The molecule has 0 amide bonds. The zero-order valence-electron chi connectivity index (χ0n) is 11.1. The highest BCUT2D eigenvalue weighted by molar-refractivity contribution is 5.16. The van der Waals surface area contributed by atoms with Gasteiger partial charge in [0.1, 0.15) is 0 Å². The van der Waals surface area contributed by atoms with Gasteiger partial charge < -0.3 is 0 Å². The lowest BCUT2D eigenvalue weighted by Gasteiger charge is -2.15. The first kappa shape index (κ1) is 12.7. The third-order valence-corrected chi connectivity index (χ3v) is 3.56. The predicted molar refractivity (Wildman–Crippen MR) is 74.5 cm³/mol.